The zero-order chi connectivity index (χ0) is 20.1. The Labute approximate surface area is 167 Å². The highest BCUT2D eigenvalue weighted by Gasteiger charge is 2.28. The molecule has 0 aromatic carbocycles. The molecule has 156 valence electrons. The van der Waals surface area contributed by atoms with Crippen molar-refractivity contribution in [1.82, 2.24) is 19.5 Å². The zero-order valence-electron chi connectivity index (χ0n) is 17.6. The van der Waals surface area contributed by atoms with Crippen molar-refractivity contribution < 1.29 is 9.47 Å². The lowest BCUT2D eigenvalue weighted by molar-refractivity contribution is -0.0738. The van der Waals surface area contributed by atoms with Gasteiger partial charge in [0.2, 0.25) is 5.95 Å². The molecule has 8 heteroatoms. The van der Waals surface area contributed by atoms with Crippen molar-refractivity contribution in [2.24, 2.45) is 5.92 Å². The van der Waals surface area contributed by atoms with Gasteiger partial charge in [-0.05, 0) is 51.9 Å². The van der Waals surface area contributed by atoms with Crippen molar-refractivity contribution in [3.63, 3.8) is 0 Å². The summed E-state index contributed by atoms with van der Waals surface area (Å²) in [4.78, 5) is 13.5. The van der Waals surface area contributed by atoms with E-state index in [1.165, 1.54) is 0 Å². The summed E-state index contributed by atoms with van der Waals surface area (Å²) < 4.78 is 13.3. The number of imidazole rings is 1. The number of nitrogens with one attached hydrogen (secondary N) is 1. The Morgan fingerprint density at radius 2 is 2.11 bits per heavy atom. The number of hydrogen-bond donors (Lipinski definition) is 2. The first-order valence-corrected chi connectivity index (χ1v) is 10.4. The summed E-state index contributed by atoms with van der Waals surface area (Å²) in [6.07, 6.45) is 6.59. The van der Waals surface area contributed by atoms with E-state index in [0.717, 1.165) is 63.9 Å². The van der Waals surface area contributed by atoms with E-state index in [9.17, 15) is 0 Å². The lowest BCUT2D eigenvalue weighted by atomic mass is 9.85. The maximum atomic E-state index is 6.14. The minimum Gasteiger partial charge on any atom is -0.468 e. The van der Waals surface area contributed by atoms with Gasteiger partial charge in [-0.3, -0.25) is 4.57 Å². The van der Waals surface area contributed by atoms with Crippen molar-refractivity contribution >= 4 is 22.9 Å². The Balaban J connectivity index is 1.73. The largest absolute Gasteiger partial charge is 0.468 e. The van der Waals surface area contributed by atoms with Gasteiger partial charge in [-0.25, -0.2) is 0 Å². The number of nitrogen functional groups attached to an aromatic ring is 1. The molecule has 3 rings (SSSR count). The highest BCUT2D eigenvalue weighted by Crippen LogP contribution is 2.32. The molecule has 1 unspecified atom stereocenters. The van der Waals surface area contributed by atoms with Gasteiger partial charge >= 0.3 is 0 Å². The molecular weight excluding hydrogens is 356 g/mol. The summed E-state index contributed by atoms with van der Waals surface area (Å²) in [5.74, 6) is 1.62. The van der Waals surface area contributed by atoms with E-state index in [2.05, 4.69) is 41.0 Å². The zero-order valence-corrected chi connectivity index (χ0v) is 17.6. The first-order valence-electron chi connectivity index (χ1n) is 10.4. The molecule has 0 radical (unpaired) electrons. The van der Waals surface area contributed by atoms with Gasteiger partial charge in [-0.2, -0.15) is 15.0 Å². The number of hydrogen-bond acceptors (Lipinski definition) is 7. The topological polar surface area (TPSA) is 100 Å². The Bertz CT molecular complexity index is 789. The molecule has 2 aromatic heterocycles. The third kappa shape index (κ3) is 4.84. The van der Waals surface area contributed by atoms with Crippen LogP contribution >= 0.6 is 0 Å². The number of aromatic nitrogens is 4. The third-order valence-electron chi connectivity index (χ3n) is 5.38. The monoisotopic (exact) mass is 390 g/mol. The Hall–Kier alpha value is -2.09. The lowest BCUT2D eigenvalue weighted by Gasteiger charge is -2.35. The van der Waals surface area contributed by atoms with Gasteiger partial charge in [0, 0.05) is 19.7 Å². The van der Waals surface area contributed by atoms with Gasteiger partial charge in [0.25, 0.3) is 6.01 Å². The fraction of sp³-hybridized carbons (Fsp3) is 0.750. The van der Waals surface area contributed by atoms with Crippen LogP contribution in [-0.2, 0) is 11.3 Å². The summed E-state index contributed by atoms with van der Waals surface area (Å²) in [7, 11) is 1.63. The fourth-order valence-electron chi connectivity index (χ4n) is 3.96. The van der Waals surface area contributed by atoms with Gasteiger partial charge in [-0.15, -0.1) is 0 Å². The van der Waals surface area contributed by atoms with Crippen molar-refractivity contribution in [1.29, 1.82) is 0 Å². The molecule has 0 amide bonds. The van der Waals surface area contributed by atoms with Crippen LogP contribution in [0, 0.1) is 5.92 Å². The summed E-state index contributed by atoms with van der Waals surface area (Å²) in [5, 5.41) is 3.25. The summed E-state index contributed by atoms with van der Waals surface area (Å²) >= 11 is 0. The first-order chi connectivity index (χ1) is 13.4. The fourth-order valence-corrected chi connectivity index (χ4v) is 3.96. The number of fused-ring (bicyclic) bond motifs is 1. The van der Waals surface area contributed by atoms with Crippen LogP contribution in [0.15, 0.2) is 0 Å². The molecule has 1 atom stereocenters. The highest BCUT2D eigenvalue weighted by atomic mass is 16.5. The average Bonchev–Trinajstić information content (AvgIpc) is 3.00. The molecule has 0 spiro atoms. The number of nitrogens with zero attached hydrogens (tertiary/aromatic N) is 4. The standard InChI is InChI=1S/C20H34N6O2/c1-5-6-10-22-18-24-16(21)15-17(25-18)26(19(23-15)27-4)11-7-8-14-9-12-28-20(2,3)13-14/h14H,5-13H2,1-4H3,(H3,21,22,24,25). The number of ether oxygens (including phenoxy) is 2. The van der Waals surface area contributed by atoms with Crippen LogP contribution in [0.25, 0.3) is 11.2 Å². The summed E-state index contributed by atoms with van der Waals surface area (Å²) in [6.45, 7) is 8.98. The van der Waals surface area contributed by atoms with Crippen LogP contribution in [0.4, 0.5) is 11.8 Å². The molecule has 0 bridgehead atoms. The average molecular weight is 391 g/mol. The van der Waals surface area contributed by atoms with Gasteiger partial charge < -0.3 is 20.5 Å². The maximum absolute atomic E-state index is 6.14. The van der Waals surface area contributed by atoms with E-state index in [1.54, 1.807) is 7.11 Å². The molecule has 1 aliphatic heterocycles. The van der Waals surface area contributed by atoms with E-state index < -0.39 is 0 Å². The third-order valence-corrected chi connectivity index (χ3v) is 5.38. The molecule has 1 fully saturated rings. The maximum Gasteiger partial charge on any atom is 0.298 e. The molecule has 2 aromatic rings. The second-order valence-electron chi connectivity index (χ2n) is 8.24. The van der Waals surface area contributed by atoms with Crippen LogP contribution in [0.1, 0.15) is 59.3 Å². The highest BCUT2D eigenvalue weighted by molar-refractivity contribution is 5.84. The van der Waals surface area contributed by atoms with Gasteiger partial charge in [0.15, 0.2) is 17.0 Å². The van der Waals surface area contributed by atoms with Crippen LogP contribution in [0.3, 0.4) is 0 Å². The molecule has 0 saturated carbocycles. The van der Waals surface area contributed by atoms with Crippen LogP contribution in [-0.4, -0.2) is 45.4 Å². The smallest absolute Gasteiger partial charge is 0.298 e. The van der Waals surface area contributed by atoms with Gasteiger partial charge in [0.05, 0.1) is 12.7 Å². The van der Waals surface area contributed by atoms with Crippen molar-refractivity contribution in [3.05, 3.63) is 0 Å². The molecular formula is C20H34N6O2. The molecule has 1 aliphatic rings. The quantitative estimate of drug-likeness (QED) is 0.631. The lowest BCUT2D eigenvalue weighted by Crippen LogP contribution is -2.33. The van der Waals surface area contributed by atoms with Crippen molar-refractivity contribution in [2.75, 3.05) is 31.3 Å². The number of anilines is 2. The van der Waals surface area contributed by atoms with E-state index in [1.807, 2.05) is 4.57 Å². The number of methoxy groups -OCH3 is 1. The number of rotatable bonds is 9. The van der Waals surface area contributed by atoms with Crippen molar-refractivity contribution in [3.8, 4) is 6.01 Å². The number of aryl methyl sites for hydroxylation is 1. The molecule has 0 aliphatic carbocycles. The van der Waals surface area contributed by atoms with Gasteiger partial charge in [-0.1, -0.05) is 13.3 Å². The van der Waals surface area contributed by atoms with E-state index in [-0.39, 0.29) is 5.60 Å². The second-order valence-corrected chi connectivity index (χ2v) is 8.24. The number of nitrogens with two attached hydrogens (primary N) is 1. The predicted molar refractivity (Wildman–Crippen MR) is 112 cm³/mol. The molecule has 1 saturated heterocycles. The molecule has 3 heterocycles. The number of unbranched alkanes of at least 4 members (excludes halogenated alkanes) is 1. The Morgan fingerprint density at radius 3 is 2.82 bits per heavy atom. The SMILES string of the molecule is CCCCNc1nc(N)c2nc(OC)n(CCCC3CCOC(C)(C)C3)c2n1. The normalized spacial score (nSPS) is 19.1. The van der Waals surface area contributed by atoms with E-state index in [4.69, 9.17) is 15.2 Å². The van der Waals surface area contributed by atoms with Crippen molar-refractivity contribution in [2.45, 2.75) is 71.4 Å². The van der Waals surface area contributed by atoms with E-state index in [0.29, 0.717) is 29.2 Å². The Morgan fingerprint density at radius 1 is 1.29 bits per heavy atom. The molecule has 28 heavy (non-hydrogen) atoms. The molecule has 3 N–H and O–H groups in total. The van der Waals surface area contributed by atoms with Gasteiger partial charge in [0.1, 0.15) is 0 Å². The summed E-state index contributed by atoms with van der Waals surface area (Å²) in [5.41, 5.74) is 7.46. The first kappa shape index (κ1) is 20.6. The van der Waals surface area contributed by atoms with E-state index >= 15 is 0 Å². The predicted octanol–water partition coefficient (Wildman–Crippen LogP) is 3.61. The van der Waals surface area contributed by atoms with Crippen LogP contribution < -0.4 is 15.8 Å². The molecule has 8 nitrogen and oxygen atoms in total. The Kier molecular flexibility index (Phi) is 6.59. The minimum absolute atomic E-state index is 0.0109. The summed E-state index contributed by atoms with van der Waals surface area (Å²) in [6, 6.07) is 0.536. The van der Waals surface area contributed by atoms with Crippen LogP contribution in [0.2, 0.25) is 0 Å². The van der Waals surface area contributed by atoms with Crippen LogP contribution in [0.5, 0.6) is 6.01 Å². The minimum atomic E-state index is -0.0109. The second kappa shape index (κ2) is 8.94.